The van der Waals surface area contributed by atoms with E-state index in [9.17, 15) is 9.90 Å². The third kappa shape index (κ3) is 4.19. The topological polar surface area (TPSA) is 52.6 Å². The molecule has 0 aromatic heterocycles. The van der Waals surface area contributed by atoms with Crippen molar-refractivity contribution in [2.45, 2.75) is 19.4 Å². The van der Waals surface area contributed by atoms with E-state index in [-0.39, 0.29) is 18.6 Å². The summed E-state index contributed by atoms with van der Waals surface area (Å²) in [6.07, 6.45) is 0.556. The van der Waals surface area contributed by atoms with Gasteiger partial charge in [-0.15, -0.1) is 0 Å². The summed E-state index contributed by atoms with van der Waals surface area (Å²) in [5.41, 5.74) is 0.603. The zero-order chi connectivity index (χ0) is 14.7. The van der Waals surface area contributed by atoms with Crippen LogP contribution in [0.3, 0.4) is 0 Å². The highest BCUT2D eigenvalue weighted by Gasteiger charge is 2.25. The lowest BCUT2D eigenvalue weighted by molar-refractivity contribution is -0.118. The van der Waals surface area contributed by atoms with Crippen molar-refractivity contribution in [3.05, 3.63) is 27.7 Å². The number of amides is 1. The van der Waals surface area contributed by atoms with E-state index < -0.39 is 0 Å². The Kier molecular flexibility index (Phi) is 5.43. The third-order valence-corrected chi connectivity index (χ3v) is 4.38. The van der Waals surface area contributed by atoms with Gasteiger partial charge in [0.2, 0.25) is 5.91 Å². The summed E-state index contributed by atoms with van der Waals surface area (Å²) in [7, 11) is 0. The zero-order valence-corrected chi connectivity index (χ0v) is 13.6. The molecule has 0 spiro atoms. The minimum Gasteiger partial charge on any atom is -0.392 e. The number of halogens is 2. The zero-order valence-electron chi connectivity index (χ0n) is 11.3. The monoisotopic (exact) mass is 360 g/mol. The van der Waals surface area contributed by atoms with Crippen molar-refractivity contribution in [1.82, 2.24) is 4.90 Å². The molecular formula is C14H18BrClN2O2. The van der Waals surface area contributed by atoms with Crippen molar-refractivity contribution in [3.8, 4) is 0 Å². The molecule has 0 saturated carbocycles. The normalized spacial score (nSPS) is 23.6. The predicted octanol–water partition coefficient (Wildman–Crippen LogP) is 2.74. The fourth-order valence-corrected chi connectivity index (χ4v) is 2.96. The SMILES string of the molecule is CC1CCN(CC(=O)Nc2ccc(Br)cc2Cl)CC1O. The summed E-state index contributed by atoms with van der Waals surface area (Å²) < 4.78 is 0.869. The highest BCUT2D eigenvalue weighted by atomic mass is 79.9. The Bertz CT molecular complexity index is 498. The molecule has 0 radical (unpaired) electrons. The minimum absolute atomic E-state index is 0.115. The van der Waals surface area contributed by atoms with Crippen LogP contribution in [0.4, 0.5) is 5.69 Å². The number of aliphatic hydroxyl groups is 1. The van der Waals surface area contributed by atoms with Crippen LogP contribution >= 0.6 is 27.5 Å². The molecule has 1 amide bonds. The van der Waals surface area contributed by atoms with E-state index in [1.807, 2.05) is 17.9 Å². The molecule has 1 aliphatic rings. The van der Waals surface area contributed by atoms with E-state index in [2.05, 4.69) is 21.2 Å². The fraction of sp³-hybridized carbons (Fsp3) is 0.500. The first-order valence-electron chi connectivity index (χ1n) is 6.61. The van der Waals surface area contributed by atoms with Gasteiger partial charge in [-0.25, -0.2) is 0 Å². The first kappa shape index (κ1) is 15.8. The molecule has 2 unspecified atom stereocenters. The van der Waals surface area contributed by atoms with Gasteiger partial charge in [-0.1, -0.05) is 34.5 Å². The number of benzene rings is 1. The number of β-amino-alcohol motifs (C(OH)–C–C–N with tert-alkyl or cyclic N) is 1. The first-order valence-corrected chi connectivity index (χ1v) is 7.78. The van der Waals surface area contributed by atoms with Gasteiger partial charge >= 0.3 is 0 Å². The maximum Gasteiger partial charge on any atom is 0.238 e. The highest BCUT2D eigenvalue weighted by molar-refractivity contribution is 9.10. The van der Waals surface area contributed by atoms with Crippen LogP contribution in [0.15, 0.2) is 22.7 Å². The second kappa shape index (κ2) is 6.89. The van der Waals surface area contributed by atoms with E-state index in [0.29, 0.717) is 23.2 Å². The average Bonchev–Trinajstić information content (AvgIpc) is 2.37. The summed E-state index contributed by atoms with van der Waals surface area (Å²) >= 11 is 9.38. The maximum atomic E-state index is 12.0. The Morgan fingerprint density at radius 2 is 2.35 bits per heavy atom. The van der Waals surface area contributed by atoms with E-state index >= 15 is 0 Å². The molecule has 1 fully saturated rings. The van der Waals surface area contributed by atoms with E-state index in [4.69, 9.17) is 11.6 Å². The lowest BCUT2D eigenvalue weighted by Gasteiger charge is -2.33. The Hall–Kier alpha value is -0.620. The number of nitrogens with zero attached hydrogens (tertiary/aromatic N) is 1. The summed E-state index contributed by atoms with van der Waals surface area (Å²) in [4.78, 5) is 14.0. The molecule has 6 heteroatoms. The van der Waals surface area contributed by atoms with E-state index in [1.165, 1.54) is 0 Å². The van der Waals surface area contributed by atoms with Crippen LogP contribution in [0.2, 0.25) is 5.02 Å². The lowest BCUT2D eigenvalue weighted by atomic mass is 9.96. The number of hydrogen-bond acceptors (Lipinski definition) is 3. The van der Waals surface area contributed by atoms with Crippen LogP contribution in [0.5, 0.6) is 0 Å². The van der Waals surface area contributed by atoms with Gasteiger partial charge in [0.25, 0.3) is 0 Å². The van der Waals surface area contributed by atoms with E-state index in [1.54, 1.807) is 12.1 Å². The van der Waals surface area contributed by atoms with Crippen molar-refractivity contribution in [2.75, 3.05) is 25.0 Å². The quantitative estimate of drug-likeness (QED) is 0.870. The number of hydrogen-bond donors (Lipinski definition) is 2. The Morgan fingerprint density at radius 3 is 3.00 bits per heavy atom. The second-order valence-electron chi connectivity index (χ2n) is 5.24. The van der Waals surface area contributed by atoms with Gasteiger partial charge in [0.05, 0.1) is 23.4 Å². The molecule has 1 aliphatic heterocycles. The lowest BCUT2D eigenvalue weighted by Crippen LogP contribution is -2.45. The smallest absolute Gasteiger partial charge is 0.238 e. The number of carbonyl (C=O) groups excluding carboxylic acids is 1. The van der Waals surface area contributed by atoms with Crippen LogP contribution in [0.25, 0.3) is 0 Å². The number of anilines is 1. The number of aliphatic hydroxyl groups excluding tert-OH is 1. The van der Waals surface area contributed by atoms with Crippen molar-refractivity contribution in [2.24, 2.45) is 5.92 Å². The second-order valence-corrected chi connectivity index (χ2v) is 6.56. The highest BCUT2D eigenvalue weighted by Crippen LogP contribution is 2.25. The number of likely N-dealkylation sites (tertiary alicyclic amines) is 1. The molecule has 1 aromatic carbocycles. The molecule has 2 N–H and O–H groups in total. The predicted molar refractivity (Wildman–Crippen MR) is 84.0 cm³/mol. The molecule has 1 aromatic rings. The van der Waals surface area contributed by atoms with Gasteiger partial charge in [-0.05, 0) is 37.1 Å². The largest absolute Gasteiger partial charge is 0.392 e. The van der Waals surface area contributed by atoms with Crippen molar-refractivity contribution in [1.29, 1.82) is 0 Å². The van der Waals surface area contributed by atoms with E-state index in [0.717, 1.165) is 17.4 Å². The molecule has 1 heterocycles. The Labute approximate surface area is 132 Å². The molecule has 1 saturated heterocycles. The number of nitrogens with one attached hydrogen (secondary N) is 1. The van der Waals surface area contributed by atoms with Gasteiger partial charge in [0.15, 0.2) is 0 Å². The molecule has 110 valence electrons. The molecule has 4 nitrogen and oxygen atoms in total. The summed E-state index contributed by atoms with van der Waals surface area (Å²) in [6.45, 7) is 3.68. The fourth-order valence-electron chi connectivity index (χ4n) is 2.24. The summed E-state index contributed by atoms with van der Waals surface area (Å²) in [5, 5.41) is 13.1. The van der Waals surface area contributed by atoms with Gasteiger partial charge in [0.1, 0.15) is 0 Å². The van der Waals surface area contributed by atoms with Crippen molar-refractivity contribution >= 4 is 39.1 Å². The average molecular weight is 362 g/mol. The van der Waals surface area contributed by atoms with Crippen molar-refractivity contribution < 1.29 is 9.90 Å². The summed E-state index contributed by atoms with van der Waals surface area (Å²) in [5.74, 6) is 0.186. The number of rotatable bonds is 3. The van der Waals surface area contributed by atoms with Gasteiger partial charge < -0.3 is 10.4 Å². The third-order valence-electron chi connectivity index (χ3n) is 3.58. The standard InChI is InChI=1S/C14H18BrClN2O2/c1-9-4-5-18(7-13(9)19)8-14(20)17-12-3-2-10(15)6-11(12)16/h2-3,6,9,13,19H,4-5,7-8H2,1H3,(H,17,20). The maximum absolute atomic E-state index is 12.0. The van der Waals surface area contributed by atoms with Crippen LogP contribution in [-0.4, -0.2) is 41.7 Å². The van der Waals surface area contributed by atoms with Gasteiger partial charge in [0, 0.05) is 11.0 Å². The molecule has 0 bridgehead atoms. The van der Waals surface area contributed by atoms with Gasteiger partial charge in [-0.2, -0.15) is 0 Å². The molecule has 2 atom stereocenters. The first-order chi connectivity index (χ1) is 9.45. The van der Waals surface area contributed by atoms with Crippen LogP contribution in [0, 0.1) is 5.92 Å². The minimum atomic E-state index is -0.354. The van der Waals surface area contributed by atoms with Gasteiger partial charge in [-0.3, -0.25) is 9.69 Å². The van der Waals surface area contributed by atoms with Crippen LogP contribution < -0.4 is 5.32 Å². The molecule has 20 heavy (non-hydrogen) atoms. The molecular weight excluding hydrogens is 344 g/mol. The van der Waals surface area contributed by atoms with Crippen LogP contribution in [0.1, 0.15) is 13.3 Å². The summed E-state index contributed by atoms with van der Waals surface area (Å²) in [6, 6.07) is 5.33. The Morgan fingerprint density at radius 1 is 1.60 bits per heavy atom. The number of carbonyl (C=O) groups is 1. The molecule has 2 rings (SSSR count). The van der Waals surface area contributed by atoms with Crippen molar-refractivity contribution in [3.63, 3.8) is 0 Å². The van der Waals surface area contributed by atoms with Crippen LogP contribution in [-0.2, 0) is 4.79 Å². The Balaban J connectivity index is 1.89. The molecule has 0 aliphatic carbocycles. The number of piperidine rings is 1.